The molecule has 3 atom stereocenters. The van der Waals surface area contributed by atoms with E-state index >= 15 is 0 Å². The number of carbonyl (C=O) groups is 2. The van der Waals surface area contributed by atoms with Gasteiger partial charge in [-0.05, 0) is 43.3 Å². The van der Waals surface area contributed by atoms with Crippen LogP contribution >= 0.6 is 0 Å². The molecule has 2 aromatic carbocycles. The normalized spacial score (nSPS) is 18.0. The second kappa shape index (κ2) is 12.7. The van der Waals surface area contributed by atoms with E-state index in [0.29, 0.717) is 0 Å². The molecule has 12 nitrogen and oxygen atoms in total. The van der Waals surface area contributed by atoms with Crippen LogP contribution in [0.4, 0.5) is 29.3 Å². The molecule has 0 fully saturated rings. The van der Waals surface area contributed by atoms with Crippen molar-refractivity contribution in [3.05, 3.63) is 66.1 Å². The fourth-order valence-corrected chi connectivity index (χ4v) is 5.63. The highest BCUT2D eigenvalue weighted by atomic mass is 32.2. The van der Waals surface area contributed by atoms with Gasteiger partial charge in [-0.15, -0.1) is 0 Å². The number of amides is 3. The molecule has 3 amide bonds. The number of alkyl halides is 3. The van der Waals surface area contributed by atoms with E-state index in [1.807, 2.05) is 0 Å². The lowest BCUT2D eigenvalue weighted by Crippen LogP contribution is -2.50. The highest BCUT2D eigenvalue weighted by Gasteiger charge is 2.36. The van der Waals surface area contributed by atoms with E-state index in [1.54, 1.807) is 20.9 Å². The van der Waals surface area contributed by atoms with E-state index in [0.717, 1.165) is 24.3 Å². The third-order valence-electron chi connectivity index (χ3n) is 7.16. The van der Waals surface area contributed by atoms with Crippen molar-refractivity contribution in [3.63, 3.8) is 0 Å². The first-order valence-electron chi connectivity index (χ1n) is 13.5. The van der Waals surface area contributed by atoms with Crippen molar-refractivity contribution >= 4 is 33.3 Å². The summed E-state index contributed by atoms with van der Waals surface area (Å²) in [6.07, 6.45) is -2.68. The van der Waals surface area contributed by atoms with Crippen LogP contribution in [0, 0.1) is 5.92 Å². The van der Waals surface area contributed by atoms with Gasteiger partial charge in [0.25, 0.3) is 15.9 Å². The number of aliphatic hydroxyl groups is 1. The van der Waals surface area contributed by atoms with Gasteiger partial charge < -0.3 is 29.5 Å². The molecule has 0 saturated heterocycles. The standard InChI is InChI=1S/C28H33F3N6O6S/c1-17-12-37(18(2)15-38)26(39)21-6-5-7-22(34-44(41,42)24-14-35(3)16-32-24)25(21)43-23(17)13-36(4)27(40)33-20-10-8-19(9-11-20)28(29,30)31/h5-11,14,16-18,23,34,38H,12-13,15H2,1-4H3,(H,33,40)/t17-,18-,23+/m0/s1. The Morgan fingerprint density at radius 1 is 1.23 bits per heavy atom. The summed E-state index contributed by atoms with van der Waals surface area (Å²) in [5, 5.41) is 12.2. The van der Waals surface area contributed by atoms with E-state index in [4.69, 9.17) is 4.74 Å². The first-order valence-corrected chi connectivity index (χ1v) is 15.0. The molecular formula is C28H33F3N6O6S. The van der Waals surface area contributed by atoms with Gasteiger partial charge in [0.1, 0.15) is 6.10 Å². The van der Waals surface area contributed by atoms with E-state index in [9.17, 15) is 36.3 Å². The van der Waals surface area contributed by atoms with Crippen LogP contribution in [0.3, 0.4) is 0 Å². The maximum atomic E-state index is 13.6. The number of aryl methyl sites for hydroxylation is 1. The van der Waals surface area contributed by atoms with E-state index in [2.05, 4.69) is 15.0 Å². The molecule has 4 rings (SSSR count). The molecule has 238 valence electrons. The molecule has 0 radical (unpaired) electrons. The van der Waals surface area contributed by atoms with E-state index in [-0.39, 0.29) is 47.4 Å². The molecule has 2 heterocycles. The van der Waals surface area contributed by atoms with Crippen LogP contribution in [-0.4, -0.2) is 83.7 Å². The van der Waals surface area contributed by atoms with Gasteiger partial charge in [0.2, 0.25) is 0 Å². The molecule has 1 aliphatic heterocycles. The molecule has 0 unspecified atom stereocenters. The second-order valence-corrected chi connectivity index (χ2v) is 12.3. The van der Waals surface area contributed by atoms with Gasteiger partial charge in [0.05, 0.1) is 42.3 Å². The summed E-state index contributed by atoms with van der Waals surface area (Å²) >= 11 is 0. The number of likely N-dealkylation sites (N-methyl/N-ethyl adjacent to an activating group) is 1. The van der Waals surface area contributed by atoms with Crippen molar-refractivity contribution in [1.82, 2.24) is 19.4 Å². The number of hydrogen-bond acceptors (Lipinski definition) is 7. The van der Waals surface area contributed by atoms with Crippen molar-refractivity contribution < 1.29 is 41.0 Å². The van der Waals surface area contributed by atoms with Gasteiger partial charge in [-0.2, -0.15) is 21.6 Å². The number of fused-ring (bicyclic) bond motifs is 1. The monoisotopic (exact) mass is 638 g/mol. The molecule has 3 aromatic rings. The number of hydrogen-bond donors (Lipinski definition) is 3. The Bertz CT molecular complexity index is 1610. The number of benzene rings is 2. The highest BCUT2D eigenvalue weighted by molar-refractivity contribution is 7.92. The summed E-state index contributed by atoms with van der Waals surface area (Å²) in [7, 11) is -1.11. The first-order chi connectivity index (χ1) is 20.6. The summed E-state index contributed by atoms with van der Waals surface area (Å²) in [4.78, 5) is 33.3. The molecule has 1 aliphatic rings. The molecule has 3 N–H and O–H groups in total. The molecular weight excluding hydrogens is 605 g/mol. The number of aliphatic hydroxyl groups excluding tert-OH is 1. The van der Waals surface area contributed by atoms with E-state index in [1.165, 1.54) is 52.1 Å². The Morgan fingerprint density at radius 3 is 2.50 bits per heavy atom. The Balaban J connectivity index is 1.64. The number of aromatic nitrogens is 2. The third-order valence-corrected chi connectivity index (χ3v) is 8.41. The molecule has 16 heteroatoms. The van der Waals surface area contributed by atoms with Crippen molar-refractivity contribution in [2.75, 3.05) is 36.8 Å². The molecule has 0 aliphatic carbocycles. The van der Waals surface area contributed by atoms with Crippen molar-refractivity contribution in [2.45, 2.75) is 37.2 Å². The van der Waals surface area contributed by atoms with Crippen LogP contribution in [0.25, 0.3) is 0 Å². The zero-order valence-electron chi connectivity index (χ0n) is 24.4. The average molecular weight is 639 g/mol. The highest BCUT2D eigenvalue weighted by Crippen LogP contribution is 2.36. The quantitative estimate of drug-likeness (QED) is 0.342. The van der Waals surface area contributed by atoms with Crippen LogP contribution in [-0.2, 0) is 23.2 Å². The Labute approximate surface area is 252 Å². The number of anilines is 2. The minimum atomic E-state index is -4.52. The number of para-hydroxylation sites is 1. The number of rotatable bonds is 8. The van der Waals surface area contributed by atoms with Crippen molar-refractivity contribution in [3.8, 4) is 5.75 Å². The van der Waals surface area contributed by atoms with Gasteiger partial charge in [-0.3, -0.25) is 9.52 Å². The number of nitrogens with zero attached hydrogens (tertiary/aromatic N) is 4. The molecule has 0 bridgehead atoms. The number of halogens is 3. The summed E-state index contributed by atoms with van der Waals surface area (Å²) in [6, 6.07) is 7.15. The second-order valence-electron chi connectivity index (χ2n) is 10.7. The lowest BCUT2D eigenvalue weighted by molar-refractivity contribution is -0.137. The fraction of sp³-hybridized carbons (Fsp3) is 0.393. The number of carbonyl (C=O) groups excluding carboxylic acids is 2. The number of urea groups is 1. The van der Waals surface area contributed by atoms with Crippen molar-refractivity contribution in [2.24, 2.45) is 13.0 Å². The van der Waals surface area contributed by atoms with Crippen LogP contribution in [0.1, 0.15) is 29.8 Å². The SMILES string of the molecule is C[C@H]1CN([C@@H](C)CO)C(=O)c2cccc(NS(=O)(=O)c3cn(C)cn3)c2O[C@@H]1CN(C)C(=O)Nc1ccc(C(F)(F)F)cc1. The summed E-state index contributed by atoms with van der Waals surface area (Å²) in [5.74, 6) is -0.984. The number of nitrogens with one attached hydrogen (secondary N) is 2. The maximum Gasteiger partial charge on any atom is 0.416 e. The molecule has 0 spiro atoms. The number of sulfonamides is 1. The largest absolute Gasteiger partial charge is 0.485 e. The van der Waals surface area contributed by atoms with Gasteiger partial charge in [-0.25, -0.2) is 9.78 Å². The Kier molecular flexibility index (Phi) is 9.44. The number of ether oxygens (including phenoxy) is 1. The predicted molar refractivity (Wildman–Crippen MR) is 155 cm³/mol. The topological polar surface area (TPSA) is 146 Å². The van der Waals surface area contributed by atoms with E-state index < -0.39 is 51.8 Å². The van der Waals surface area contributed by atoms with Gasteiger partial charge in [0.15, 0.2) is 10.8 Å². The summed E-state index contributed by atoms with van der Waals surface area (Å²) < 4.78 is 75.2. The van der Waals surface area contributed by atoms with Crippen molar-refractivity contribution in [1.29, 1.82) is 0 Å². The van der Waals surface area contributed by atoms with Crippen LogP contribution in [0.15, 0.2) is 60.0 Å². The van der Waals surface area contributed by atoms with Gasteiger partial charge >= 0.3 is 12.2 Å². The summed E-state index contributed by atoms with van der Waals surface area (Å²) in [6.45, 7) is 3.20. The minimum absolute atomic E-state index is 0.0333. The smallest absolute Gasteiger partial charge is 0.416 e. The third kappa shape index (κ3) is 7.24. The lowest BCUT2D eigenvalue weighted by atomic mass is 9.99. The zero-order chi connectivity index (χ0) is 32.4. The van der Waals surface area contributed by atoms with Crippen LogP contribution in [0.5, 0.6) is 5.75 Å². The Hall–Kier alpha value is -4.31. The van der Waals surface area contributed by atoms with Gasteiger partial charge in [-0.1, -0.05) is 13.0 Å². The molecule has 1 aromatic heterocycles. The maximum absolute atomic E-state index is 13.6. The zero-order valence-corrected chi connectivity index (χ0v) is 25.2. The molecule has 44 heavy (non-hydrogen) atoms. The first kappa shape index (κ1) is 32.6. The molecule has 0 saturated carbocycles. The van der Waals surface area contributed by atoms with Crippen LogP contribution < -0.4 is 14.8 Å². The minimum Gasteiger partial charge on any atom is -0.485 e. The lowest BCUT2D eigenvalue weighted by Gasteiger charge is -2.38. The van der Waals surface area contributed by atoms with Gasteiger partial charge in [0, 0.05) is 38.4 Å². The number of imidazole rings is 1. The average Bonchev–Trinajstić information content (AvgIpc) is 3.41. The van der Waals surface area contributed by atoms with Crippen LogP contribution in [0.2, 0.25) is 0 Å². The fourth-order valence-electron chi connectivity index (χ4n) is 4.58. The predicted octanol–water partition coefficient (Wildman–Crippen LogP) is 3.62. The Morgan fingerprint density at radius 2 is 1.91 bits per heavy atom. The summed E-state index contributed by atoms with van der Waals surface area (Å²) in [5.41, 5.74) is -0.703.